The Bertz CT molecular complexity index is 379. The van der Waals surface area contributed by atoms with E-state index in [1.165, 1.54) is 19.3 Å². The van der Waals surface area contributed by atoms with Gasteiger partial charge >= 0.3 is 0 Å². The van der Waals surface area contributed by atoms with Crippen LogP contribution < -0.4 is 0 Å². The highest BCUT2D eigenvalue weighted by atomic mass is 32.2. The lowest BCUT2D eigenvalue weighted by molar-refractivity contribution is -0.932. The van der Waals surface area contributed by atoms with Gasteiger partial charge in [0.1, 0.15) is 6.54 Å². The summed E-state index contributed by atoms with van der Waals surface area (Å²) in [6, 6.07) is 0. The summed E-state index contributed by atoms with van der Waals surface area (Å²) in [6.07, 6.45) is 5.16. The van der Waals surface area contributed by atoms with Crippen LogP contribution in [0.2, 0.25) is 0 Å². The topological polar surface area (TPSA) is 72.8 Å². The fraction of sp³-hybridized carbons (Fsp3) is 1.00. The molecule has 0 aromatic rings. The zero-order valence-corrected chi connectivity index (χ0v) is 14.7. The maximum absolute atomic E-state index is 10.9. The number of likely N-dealkylation sites (tertiary alicyclic amines) is 1. The molecular weight excluding hydrogens is 306 g/mol. The molecule has 0 amide bonds. The second-order valence-electron chi connectivity index (χ2n) is 6.16. The highest BCUT2D eigenvalue weighted by molar-refractivity contribution is 7.85. The van der Waals surface area contributed by atoms with E-state index >= 15 is 0 Å². The summed E-state index contributed by atoms with van der Waals surface area (Å²) in [4.78, 5) is 0. The van der Waals surface area contributed by atoms with Gasteiger partial charge in [0.15, 0.2) is 0 Å². The number of nitrogens with zero attached hydrogens (tertiary/aromatic N) is 1. The molecular formula is C15H32NO5S+. The van der Waals surface area contributed by atoms with Crippen molar-refractivity contribution in [2.45, 2.75) is 39.0 Å². The molecule has 1 aliphatic heterocycles. The SMILES string of the molecule is CCCOCCOCC[N+]1(CCCS(=O)(=O)O)CCCCC1. The second-order valence-corrected chi connectivity index (χ2v) is 7.73. The molecule has 0 unspecified atom stereocenters. The van der Waals surface area contributed by atoms with E-state index in [1.54, 1.807) is 0 Å². The predicted molar refractivity (Wildman–Crippen MR) is 86.5 cm³/mol. The quantitative estimate of drug-likeness (QED) is 0.333. The number of quaternary nitrogens is 1. The van der Waals surface area contributed by atoms with Crippen LogP contribution in [0.25, 0.3) is 0 Å². The first kappa shape index (κ1) is 19.8. The lowest BCUT2D eigenvalue weighted by Crippen LogP contribution is -2.54. The number of piperidine rings is 1. The van der Waals surface area contributed by atoms with Crippen LogP contribution in [0, 0.1) is 0 Å². The fourth-order valence-corrected chi connectivity index (χ4v) is 3.54. The molecule has 1 N–H and O–H groups in total. The van der Waals surface area contributed by atoms with Crippen molar-refractivity contribution in [3.8, 4) is 0 Å². The monoisotopic (exact) mass is 338 g/mol. The van der Waals surface area contributed by atoms with Crippen molar-refractivity contribution in [1.29, 1.82) is 0 Å². The van der Waals surface area contributed by atoms with Crippen molar-refractivity contribution in [2.24, 2.45) is 0 Å². The summed E-state index contributed by atoms with van der Waals surface area (Å²) in [5.74, 6) is -0.140. The Kier molecular flexibility index (Phi) is 9.51. The zero-order chi connectivity index (χ0) is 16.3. The standard InChI is InChI=1S/C15H31NO5S/c1-2-11-20-13-14-21-12-10-16(7-4-3-5-8-16)9-6-15-22(17,18)19/h2-15H2,1H3/p+1. The normalized spacial score (nSPS) is 18.5. The molecule has 0 aromatic carbocycles. The van der Waals surface area contributed by atoms with Gasteiger partial charge in [-0.2, -0.15) is 8.42 Å². The Balaban J connectivity index is 2.27. The molecule has 1 heterocycles. The zero-order valence-electron chi connectivity index (χ0n) is 13.8. The van der Waals surface area contributed by atoms with Crippen molar-refractivity contribution in [2.75, 3.05) is 58.4 Å². The Morgan fingerprint density at radius 3 is 2.18 bits per heavy atom. The fourth-order valence-electron chi connectivity index (χ4n) is 3.05. The van der Waals surface area contributed by atoms with Gasteiger partial charge in [-0.25, -0.2) is 0 Å². The average molecular weight is 338 g/mol. The molecule has 0 bridgehead atoms. The molecule has 0 radical (unpaired) electrons. The highest BCUT2D eigenvalue weighted by Crippen LogP contribution is 2.19. The third kappa shape index (κ3) is 9.05. The molecule has 1 fully saturated rings. The minimum atomic E-state index is -3.85. The van der Waals surface area contributed by atoms with Crippen LogP contribution in [0.1, 0.15) is 39.0 Å². The van der Waals surface area contributed by atoms with E-state index in [0.29, 0.717) is 26.2 Å². The van der Waals surface area contributed by atoms with E-state index in [2.05, 4.69) is 6.92 Å². The first-order chi connectivity index (χ1) is 10.5. The third-order valence-corrected chi connectivity index (χ3v) is 5.03. The maximum Gasteiger partial charge on any atom is 0.265 e. The number of ether oxygens (including phenoxy) is 2. The van der Waals surface area contributed by atoms with Crippen molar-refractivity contribution in [3.63, 3.8) is 0 Å². The summed E-state index contributed by atoms with van der Waals surface area (Å²) in [6.45, 7) is 8.68. The molecule has 0 aliphatic carbocycles. The maximum atomic E-state index is 10.9. The third-order valence-electron chi connectivity index (χ3n) is 4.23. The molecule has 1 aliphatic rings. The van der Waals surface area contributed by atoms with Gasteiger partial charge in [-0.1, -0.05) is 6.92 Å². The smallest absolute Gasteiger partial charge is 0.265 e. The van der Waals surface area contributed by atoms with E-state index in [0.717, 1.165) is 43.7 Å². The number of rotatable bonds is 12. The molecule has 0 spiro atoms. The molecule has 0 atom stereocenters. The number of hydrogen-bond acceptors (Lipinski definition) is 4. The van der Waals surface area contributed by atoms with Crippen LogP contribution in [-0.4, -0.2) is 75.8 Å². The molecule has 7 heteroatoms. The van der Waals surface area contributed by atoms with Crippen molar-refractivity contribution >= 4 is 10.1 Å². The summed E-state index contributed by atoms with van der Waals surface area (Å²) >= 11 is 0. The van der Waals surface area contributed by atoms with Gasteiger partial charge in [0, 0.05) is 13.0 Å². The van der Waals surface area contributed by atoms with E-state index in [4.69, 9.17) is 14.0 Å². The highest BCUT2D eigenvalue weighted by Gasteiger charge is 2.29. The Labute approximate surface area is 135 Å². The lowest BCUT2D eigenvalue weighted by Gasteiger charge is -2.41. The van der Waals surface area contributed by atoms with Gasteiger partial charge in [-0.15, -0.1) is 0 Å². The average Bonchev–Trinajstić information content (AvgIpc) is 2.46. The van der Waals surface area contributed by atoms with Gasteiger partial charge < -0.3 is 14.0 Å². The van der Waals surface area contributed by atoms with Crippen molar-refractivity contribution in [3.05, 3.63) is 0 Å². The predicted octanol–water partition coefficient (Wildman–Crippen LogP) is 1.71. The van der Waals surface area contributed by atoms with Crippen LogP contribution in [0.5, 0.6) is 0 Å². The molecule has 6 nitrogen and oxygen atoms in total. The van der Waals surface area contributed by atoms with Crippen molar-refractivity contribution in [1.82, 2.24) is 0 Å². The second kappa shape index (κ2) is 10.5. The Morgan fingerprint density at radius 2 is 1.59 bits per heavy atom. The molecule has 0 aromatic heterocycles. The van der Waals surface area contributed by atoms with Crippen molar-refractivity contribution < 1.29 is 26.9 Å². The lowest BCUT2D eigenvalue weighted by atomic mass is 10.1. The van der Waals surface area contributed by atoms with Crippen LogP contribution in [-0.2, 0) is 19.6 Å². The van der Waals surface area contributed by atoms with E-state index in [1.807, 2.05) is 0 Å². The minimum absolute atomic E-state index is 0.140. The van der Waals surface area contributed by atoms with E-state index < -0.39 is 10.1 Å². The summed E-state index contributed by atoms with van der Waals surface area (Å²) < 4.78 is 42.6. The van der Waals surface area contributed by atoms with Crippen LogP contribution in [0.3, 0.4) is 0 Å². The summed E-state index contributed by atoms with van der Waals surface area (Å²) in [5.41, 5.74) is 0. The van der Waals surface area contributed by atoms with Gasteiger partial charge in [0.2, 0.25) is 0 Å². The molecule has 22 heavy (non-hydrogen) atoms. The van der Waals surface area contributed by atoms with E-state index in [-0.39, 0.29) is 5.75 Å². The van der Waals surface area contributed by atoms with Gasteiger partial charge in [-0.3, -0.25) is 4.55 Å². The first-order valence-corrected chi connectivity index (χ1v) is 10.0. The van der Waals surface area contributed by atoms with E-state index in [9.17, 15) is 8.42 Å². The Hall–Kier alpha value is -0.210. The Morgan fingerprint density at radius 1 is 0.955 bits per heavy atom. The summed E-state index contributed by atoms with van der Waals surface area (Å²) in [5, 5.41) is 0. The van der Waals surface area contributed by atoms with Crippen LogP contribution in [0.15, 0.2) is 0 Å². The number of hydrogen-bond donors (Lipinski definition) is 1. The van der Waals surface area contributed by atoms with Gasteiger partial charge in [0.25, 0.3) is 10.1 Å². The van der Waals surface area contributed by atoms with Gasteiger partial charge in [0.05, 0.1) is 45.2 Å². The van der Waals surface area contributed by atoms with Crippen LogP contribution >= 0.6 is 0 Å². The van der Waals surface area contributed by atoms with Crippen LogP contribution in [0.4, 0.5) is 0 Å². The summed E-state index contributed by atoms with van der Waals surface area (Å²) in [7, 11) is -3.85. The molecule has 1 rings (SSSR count). The largest absolute Gasteiger partial charge is 0.379 e. The van der Waals surface area contributed by atoms with Gasteiger partial charge in [-0.05, 0) is 25.7 Å². The molecule has 132 valence electrons. The minimum Gasteiger partial charge on any atom is -0.379 e. The molecule has 0 saturated carbocycles. The first-order valence-electron chi connectivity index (χ1n) is 8.43. The molecule has 1 saturated heterocycles.